The third-order valence-electron chi connectivity index (χ3n) is 7.86. The number of ether oxygens (including phenoxy) is 2. The molecule has 2 aliphatic heterocycles. The van der Waals surface area contributed by atoms with Gasteiger partial charge >= 0.3 is 0 Å². The first-order valence-electron chi connectivity index (χ1n) is 14.1. The maximum absolute atomic E-state index is 13.0. The van der Waals surface area contributed by atoms with Crippen LogP contribution in [0, 0.1) is 13.8 Å². The Kier molecular flexibility index (Phi) is 9.24. The molecule has 0 radical (unpaired) electrons. The van der Waals surface area contributed by atoms with Gasteiger partial charge in [-0.3, -0.25) is 4.90 Å². The first-order chi connectivity index (χ1) is 19.6. The molecule has 0 saturated carbocycles. The highest BCUT2D eigenvalue weighted by molar-refractivity contribution is 9.10. The van der Waals surface area contributed by atoms with Gasteiger partial charge in [-0.2, -0.15) is 4.98 Å². The van der Waals surface area contributed by atoms with E-state index in [2.05, 4.69) is 60.4 Å². The Morgan fingerprint density at radius 1 is 1.02 bits per heavy atom. The molecule has 220 valence electrons. The van der Waals surface area contributed by atoms with Crippen LogP contribution in [-0.4, -0.2) is 80.7 Å². The molecule has 2 N–H and O–H groups in total. The second-order valence-electron chi connectivity index (χ2n) is 11.2. The number of hydrogen-bond acceptors (Lipinski definition) is 9. The highest BCUT2D eigenvalue weighted by atomic mass is 79.9. The summed E-state index contributed by atoms with van der Waals surface area (Å²) in [6, 6.07) is 10.8. The molecule has 0 spiro atoms. The summed E-state index contributed by atoms with van der Waals surface area (Å²) in [4.78, 5) is 14.3. The minimum absolute atomic E-state index is 0.428. The van der Waals surface area contributed by atoms with Crippen LogP contribution in [0.3, 0.4) is 0 Å². The number of aromatic nitrogens is 2. The number of nitrogens with zero attached hydrogens (tertiary/aromatic N) is 4. The number of halogens is 1. The van der Waals surface area contributed by atoms with Gasteiger partial charge in [0.05, 0.1) is 36.2 Å². The summed E-state index contributed by atoms with van der Waals surface area (Å²) in [6.07, 6.45) is 4.01. The fourth-order valence-corrected chi connectivity index (χ4v) is 7.17. The zero-order valence-electron chi connectivity index (χ0n) is 24.5. The maximum Gasteiger partial charge on any atom is 0.229 e. The smallest absolute Gasteiger partial charge is 0.229 e. The number of nitrogens with one attached hydrogen (secondary N) is 2. The van der Waals surface area contributed by atoms with Gasteiger partial charge in [0, 0.05) is 55.5 Å². The molecule has 2 aromatic carbocycles. The zero-order valence-corrected chi connectivity index (χ0v) is 27.0. The minimum Gasteiger partial charge on any atom is -0.494 e. The topological polar surface area (TPSA) is 91.9 Å². The molecule has 0 aliphatic carbocycles. The number of benzene rings is 2. The number of morpholine rings is 1. The predicted octanol–water partition coefficient (Wildman–Crippen LogP) is 5.90. The van der Waals surface area contributed by atoms with Crippen LogP contribution in [0.25, 0.3) is 0 Å². The SMILES string of the molecule is COc1cc(N2CCC(N3CCOCC3)CC2)c(C)cc1Nc1ncc(Br)c(Nc2ccc(C)cc2P(C)(C)=O)n1. The van der Waals surface area contributed by atoms with Gasteiger partial charge < -0.3 is 29.6 Å². The van der Waals surface area contributed by atoms with Crippen molar-refractivity contribution in [1.82, 2.24) is 14.9 Å². The van der Waals surface area contributed by atoms with E-state index >= 15 is 0 Å². The molecule has 2 fully saturated rings. The van der Waals surface area contributed by atoms with Crippen LogP contribution in [0.4, 0.5) is 28.8 Å². The standard InChI is InChI=1S/C30H40BrN6O3P/c1-20-6-7-24(28(16-20)41(4,5)38)33-29-23(31)19-32-30(35-29)34-25-17-21(2)26(18-27(25)39-3)37-10-8-22(9-11-37)36-12-14-40-15-13-36/h6-7,16-19,22H,8-15H2,1-5H3,(H2,32,33,34,35). The molecule has 11 heteroatoms. The number of hydrogen-bond donors (Lipinski definition) is 2. The molecule has 2 aliphatic rings. The summed E-state index contributed by atoms with van der Waals surface area (Å²) in [7, 11) is -0.823. The molecule has 0 bridgehead atoms. The number of piperidine rings is 1. The van der Waals surface area contributed by atoms with E-state index in [1.807, 2.05) is 25.1 Å². The molecule has 2 saturated heterocycles. The van der Waals surface area contributed by atoms with Crippen molar-refractivity contribution < 1.29 is 14.0 Å². The third-order valence-corrected chi connectivity index (χ3v) is 9.97. The van der Waals surface area contributed by atoms with Gasteiger partial charge in [-0.1, -0.05) is 11.6 Å². The molecule has 3 aromatic rings. The molecule has 5 rings (SSSR count). The highest BCUT2D eigenvalue weighted by Crippen LogP contribution is 2.40. The van der Waals surface area contributed by atoms with E-state index in [1.165, 1.54) is 11.3 Å². The molecule has 0 atom stereocenters. The fourth-order valence-electron chi connectivity index (χ4n) is 5.66. The van der Waals surface area contributed by atoms with Crippen molar-refractivity contribution in [2.45, 2.75) is 32.7 Å². The fraction of sp³-hybridized carbons (Fsp3) is 0.467. The highest BCUT2D eigenvalue weighted by Gasteiger charge is 2.27. The molecule has 1 aromatic heterocycles. The van der Waals surface area contributed by atoms with Crippen molar-refractivity contribution in [3.8, 4) is 5.75 Å². The molecular formula is C30H40BrN6O3P. The Balaban J connectivity index is 1.33. The van der Waals surface area contributed by atoms with Crippen LogP contribution in [-0.2, 0) is 9.30 Å². The summed E-state index contributed by atoms with van der Waals surface area (Å²) in [5.41, 5.74) is 4.99. The number of aryl methyl sites for hydroxylation is 2. The van der Waals surface area contributed by atoms with Crippen LogP contribution < -0.4 is 25.6 Å². The van der Waals surface area contributed by atoms with Gasteiger partial charge in [-0.05, 0) is 79.7 Å². The average Bonchev–Trinajstić information content (AvgIpc) is 2.96. The average molecular weight is 644 g/mol. The Morgan fingerprint density at radius 2 is 1.76 bits per heavy atom. The third kappa shape index (κ3) is 7.05. The van der Waals surface area contributed by atoms with Gasteiger partial charge in [0.1, 0.15) is 18.7 Å². The Bertz CT molecular complexity index is 1430. The second-order valence-corrected chi connectivity index (χ2v) is 15.3. The summed E-state index contributed by atoms with van der Waals surface area (Å²) >= 11 is 3.56. The van der Waals surface area contributed by atoms with Gasteiger partial charge in [0.2, 0.25) is 5.95 Å². The molecule has 0 unspecified atom stereocenters. The summed E-state index contributed by atoms with van der Waals surface area (Å²) in [6.45, 7) is 13.5. The van der Waals surface area contributed by atoms with Crippen molar-refractivity contribution in [3.63, 3.8) is 0 Å². The van der Waals surface area contributed by atoms with Gasteiger partial charge in [0.25, 0.3) is 0 Å². The minimum atomic E-state index is -2.51. The zero-order chi connectivity index (χ0) is 29.1. The monoisotopic (exact) mass is 642 g/mol. The van der Waals surface area contributed by atoms with Crippen molar-refractivity contribution in [2.75, 3.05) is 75.4 Å². The van der Waals surface area contributed by atoms with Crippen LogP contribution in [0.15, 0.2) is 41.0 Å². The van der Waals surface area contributed by atoms with Crippen molar-refractivity contribution in [3.05, 3.63) is 52.1 Å². The summed E-state index contributed by atoms with van der Waals surface area (Å²) < 4.78 is 25.0. The van der Waals surface area contributed by atoms with Crippen LogP contribution in [0.1, 0.15) is 24.0 Å². The second kappa shape index (κ2) is 12.7. The van der Waals surface area contributed by atoms with Crippen molar-refractivity contribution in [1.29, 1.82) is 0 Å². The van der Waals surface area contributed by atoms with Gasteiger partial charge in [-0.15, -0.1) is 0 Å². The normalized spacial score (nSPS) is 17.0. The van der Waals surface area contributed by atoms with Crippen molar-refractivity contribution in [2.24, 2.45) is 0 Å². The van der Waals surface area contributed by atoms with Gasteiger partial charge in [-0.25, -0.2) is 4.98 Å². The van der Waals surface area contributed by atoms with Crippen LogP contribution >= 0.6 is 23.1 Å². The Morgan fingerprint density at radius 3 is 2.44 bits per heavy atom. The lowest BCUT2D eigenvalue weighted by atomic mass is 10.0. The first kappa shape index (κ1) is 29.8. The number of anilines is 5. The predicted molar refractivity (Wildman–Crippen MR) is 172 cm³/mol. The Hall–Kier alpha value is -2.65. The quantitative estimate of drug-likeness (QED) is 0.291. The summed E-state index contributed by atoms with van der Waals surface area (Å²) in [5, 5.41) is 7.50. The lowest BCUT2D eigenvalue weighted by Gasteiger charge is -2.41. The number of methoxy groups -OCH3 is 1. The van der Waals surface area contributed by atoms with E-state index in [-0.39, 0.29) is 0 Å². The van der Waals surface area contributed by atoms with E-state index in [0.717, 1.165) is 80.2 Å². The lowest BCUT2D eigenvalue weighted by molar-refractivity contribution is 0.0115. The van der Waals surface area contributed by atoms with Crippen LogP contribution in [0.5, 0.6) is 5.75 Å². The largest absolute Gasteiger partial charge is 0.494 e. The van der Waals surface area contributed by atoms with Gasteiger partial charge in [0.15, 0.2) is 0 Å². The van der Waals surface area contributed by atoms with Crippen LogP contribution in [0.2, 0.25) is 0 Å². The first-order valence-corrected chi connectivity index (χ1v) is 17.5. The lowest BCUT2D eigenvalue weighted by Crippen LogP contribution is -2.49. The molecule has 3 heterocycles. The van der Waals surface area contributed by atoms with E-state index in [0.29, 0.717) is 22.3 Å². The van der Waals surface area contributed by atoms with E-state index in [4.69, 9.17) is 14.5 Å². The molecule has 0 amide bonds. The number of rotatable bonds is 8. The Labute approximate surface area is 251 Å². The van der Waals surface area contributed by atoms with Crippen molar-refractivity contribution >= 4 is 57.2 Å². The summed E-state index contributed by atoms with van der Waals surface area (Å²) in [5.74, 6) is 1.74. The molecule has 41 heavy (non-hydrogen) atoms. The van der Waals surface area contributed by atoms with E-state index < -0.39 is 7.14 Å². The molecule has 9 nitrogen and oxygen atoms in total. The van der Waals surface area contributed by atoms with E-state index in [9.17, 15) is 4.57 Å². The maximum atomic E-state index is 13.0. The van der Waals surface area contributed by atoms with E-state index in [1.54, 1.807) is 26.6 Å². The molecular weight excluding hydrogens is 603 g/mol.